The fourth-order valence-corrected chi connectivity index (χ4v) is 5.45. The Morgan fingerprint density at radius 2 is 2.16 bits per heavy atom. The van der Waals surface area contributed by atoms with Gasteiger partial charge in [0.1, 0.15) is 10.7 Å². The van der Waals surface area contributed by atoms with Gasteiger partial charge < -0.3 is 19.6 Å². The second kappa shape index (κ2) is 10.5. The molecular weight excluding hydrogens is 414 g/mol. The van der Waals surface area contributed by atoms with Crippen molar-refractivity contribution in [2.75, 3.05) is 33.4 Å². The van der Waals surface area contributed by atoms with Crippen LogP contribution in [0.3, 0.4) is 0 Å². The van der Waals surface area contributed by atoms with Crippen LogP contribution in [0.5, 0.6) is 0 Å². The lowest BCUT2D eigenvalue weighted by molar-refractivity contribution is -0.0571. The minimum absolute atomic E-state index is 0.0412. The summed E-state index contributed by atoms with van der Waals surface area (Å²) in [5, 5.41) is 11.3. The molecule has 174 valence electrons. The van der Waals surface area contributed by atoms with E-state index in [1.54, 1.807) is 18.4 Å². The van der Waals surface area contributed by atoms with Crippen LogP contribution in [-0.2, 0) is 28.9 Å². The molecule has 2 aromatic rings. The van der Waals surface area contributed by atoms with Gasteiger partial charge in [-0.05, 0) is 57.9 Å². The summed E-state index contributed by atoms with van der Waals surface area (Å²) < 4.78 is 10.9. The highest BCUT2D eigenvalue weighted by Gasteiger charge is 2.24. The van der Waals surface area contributed by atoms with E-state index in [0.29, 0.717) is 31.4 Å². The average molecular weight is 452 g/mol. The Morgan fingerprint density at radius 1 is 1.39 bits per heavy atom. The van der Waals surface area contributed by atoms with Crippen molar-refractivity contribution >= 4 is 21.6 Å². The number of nitrogens with one attached hydrogen (secondary N) is 1. The zero-order valence-electron chi connectivity index (χ0n) is 19.5. The molecule has 2 N–H and O–H groups in total. The third-order valence-corrected chi connectivity index (χ3v) is 6.74. The molecule has 0 saturated heterocycles. The molecule has 0 amide bonds. The van der Waals surface area contributed by atoms with Gasteiger partial charge >= 0.3 is 0 Å². The van der Waals surface area contributed by atoms with Crippen LogP contribution in [-0.4, -0.2) is 65.1 Å². The number of thiophene rings is 1. The van der Waals surface area contributed by atoms with Crippen LogP contribution >= 0.6 is 11.3 Å². The van der Waals surface area contributed by atoms with Crippen LogP contribution in [0.15, 0.2) is 4.79 Å². The Morgan fingerprint density at radius 3 is 2.87 bits per heavy atom. The van der Waals surface area contributed by atoms with Crippen LogP contribution in [0.25, 0.3) is 10.2 Å². The second-order valence-corrected chi connectivity index (χ2v) is 10.8. The number of nitrogens with zero attached hydrogens (tertiary/aromatic N) is 2. The number of rotatable bonds is 10. The quantitative estimate of drug-likeness (QED) is 0.540. The lowest BCUT2D eigenvalue weighted by Gasteiger charge is -2.27. The first-order valence-electron chi connectivity index (χ1n) is 11.2. The van der Waals surface area contributed by atoms with Crippen LogP contribution < -0.4 is 5.56 Å². The molecule has 0 aliphatic heterocycles. The van der Waals surface area contributed by atoms with Crippen LogP contribution in [0.4, 0.5) is 0 Å². The highest BCUT2D eigenvalue weighted by molar-refractivity contribution is 7.18. The fourth-order valence-electron chi connectivity index (χ4n) is 4.04. The highest BCUT2D eigenvalue weighted by Crippen LogP contribution is 2.35. The Hall–Kier alpha value is -1.32. The Bertz CT molecular complexity index is 918. The summed E-state index contributed by atoms with van der Waals surface area (Å²) in [7, 11) is 1.68. The maximum Gasteiger partial charge on any atom is 0.259 e. The predicted molar refractivity (Wildman–Crippen MR) is 125 cm³/mol. The summed E-state index contributed by atoms with van der Waals surface area (Å²) in [5.74, 6) is 1.30. The molecule has 7 nitrogen and oxygen atoms in total. The number of hydrogen-bond acceptors (Lipinski definition) is 7. The van der Waals surface area contributed by atoms with Gasteiger partial charge in [0.05, 0.1) is 30.2 Å². The van der Waals surface area contributed by atoms with E-state index in [0.717, 1.165) is 42.4 Å². The van der Waals surface area contributed by atoms with Gasteiger partial charge in [0.2, 0.25) is 0 Å². The third-order valence-electron chi connectivity index (χ3n) is 5.59. The predicted octanol–water partition coefficient (Wildman–Crippen LogP) is 3.12. The van der Waals surface area contributed by atoms with E-state index in [2.05, 4.69) is 16.8 Å². The van der Waals surface area contributed by atoms with E-state index in [4.69, 9.17) is 14.5 Å². The van der Waals surface area contributed by atoms with Crippen molar-refractivity contribution in [2.45, 2.75) is 71.6 Å². The van der Waals surface area contributed by atoms with E-state index < -0.39 is 6.10 Å². The molecular formula is C23H37N3O4S. The molecule has 2 atom stereocenters. The van der Waals surface area contributed by atoms with Crippen molar-refractivity contribution in [1.82, 2.24) is 14.9 Å². The number of aliphatic hydroxyl groups excluding tert-OH is 1. The Labute approximate surface area is 188 Å². The van der Waals surface area contributed by atoms with E-state index in [1.807, 2.05) is 20.8 Å². The summed E-state index contributed by atoms with van der Waals surface area (Å²) in [6.07, 6.45) is 3.34. The number of methoxy groups -OCH3 is 1. The SMILES string of the molecule is COCCCN(Cc1nc2sc3c(c2c(=O)[nH]1)CC[C@@H](C)C3)C[C@H](O)COC(C)(C)C. The first-order chi connectivity index (χ1) is 14.7. The number of aromatic nitrogens is 2. The molecule has 1 aliphatic carbocycles. The molecule has 0 spiro atoms. The third kappa shape index (κ3) is 6.83. The van der Waals surface area contributed by atoms with Crippen molar-refractivity contribution in [1.29, 1.82) is 0 Å². The molecule has 8 heteroatoms. The van der Waals surface area contributed by atoms with Crippen LogP contribution in [0, 0.1) is 5.92 Å². The summed E-state index contributed by atoms with van der Waals surface area (Å²) in [6, 6.07) is 0. The molecule has 0 radical (unpaired) electrons. The van der Waals surface area contributed by atoms with Crippen molar-refractivity contribution in [3.05, 3.63) is 26.6 Å². The molecule has 0 saturated carbocycles. The van der Waals surface area contributed by atoms with E-state index in [9.17, 15) is 9.90 Å². The van der Waals surface area contributed by atoms with Crippen molar-refractivity contribution in [3.63, 3.8) is 0 Å². The topological polar surface area (TPSA) is 87.7 Å². The molecule has 31 heavy (non-hydrogen) atoms. The number of hydrogen-bond donors (Lipinski definition) is 2. The van der Waals surface area contributed by atoms with Gasteiger partial charge in [-0.1, -0.05) is 6.92 Å². The lowest BCUT2D eigenvalue weighted by Crippen LogP contribution is -2.38. The van der Waals surface area contributed by atoms with Gasteiger partial charge in [0, 0.05) is 31.7 Å². The number of aliphatic hydroxyl groups is 1. The number of ether oxygens (including phenoxy) is 2. The molecule has 0 fully saturated rings. The summed E-state index contributed by atoms with van der Waals surface area (Å²) >= 11 is 1.67. The molecule has 0 unspecified atom stereocenters. The molecule has 1 aliphatic rings. The molecule has 0 bridgehead atoms. The maximum atomic E-state index is 12.9. The zero-order valence-corrected chi connectivity index (χ0v) is 20.3. The number of aryl methyl sites for hydroxylation is 1. The summed E-state index contributed by atoms with van der Waals surface area (Å²) in [5.41, 5.74) is 0.862. The molecule has 2 aromatic heterocycles. The zero-order chi connectivity index (χ0) is 22.6. The standard InChI is InChI=1S/C23H37N3O4S/c1-15-7-8-17-18(11-15)31-22-20(17)21(28)24-19(25-22)13-26(9-6-10-29-5)12-16(27)14-30-23(2,3)4/h15-16,27H,6-14H2,1-5H3,(H,24,25,28)/t15-,16+/m1/s1. The first kappa shape index (κ1) is 24.3. The number of H-pyrrole nitrogens is 1. The van der Waals surface area contributed by atoms with Gasteiger partial charge in [-0.3, -0.25) is 9.69 Å². The van der Waals surface area contributed by atoms with E-state index >= 15 is 0 Å². The van der Waals surface area contributed by atoms with E-state index in [1.165, 1.54) is 10.4 Å². The van der Waals surface area contributed by atoms with Crippen LogP contribution in [0.2, 0.25) is 0 Å². The average Bonchev–Trinajstić information content (AvgIpc) is 3.03. The monoisotopic (exact) mass is 451 g/mol. The van der Waals surface area contributed by atoms with Gasteiger partial charge in [-0.25, -0.2) is 4.98 Å². The van der Waals surface area contributed by atoms with Gasteiger partial charge in [-0.15, -0.1) is 11.3 Å². The maximum absolute atomic E-state index is 12.9. The number of aromatic amines is 1. The summed E-state index contributed by atoms with van der Waals surface area (Å²) in [6.45, 7) is 10.8. The minimum atomic E-state index is -0.618. The van der Waals surface area contributed by atoms with Crippen molar-refractivity contribution in [2.24, 2.45) is 5.92 Å². The normalized spacial score (nSPS) is 18.0. The van der Waals surface area contributed by atoms with Gasteiger partial charge in [0.15, 0.2) is 0 Å². The van der Waals surface area contributed by atoms with Gasteiger partial charge in [-0.2, -0.15) is 0 Å². The Balaban J connectivity index is 1.75. The number of fused-ring (bicyclic) bond motifs is 3. The first-order valence-corrected chi connectivity index (χ1v) is 12.0. The molecule has 2 heterocycles. The largest absolute Gasteiger partial charge is 0.389 e. The molecule has 3 rings (SSSR count). The second-order valence-electron chi connectivity index (χ2n) is 9.70. The van der Waals surface area contributed by atoms with Crippen molar-refractivity contribution in [3.8, 4) is 0 Å². The van der Waals surface area contributed by atoms with E-state index in [-0.39, 0.29) is 17.8 Å². The van der Waals surface area contributed by atoms with Crippen LogP contribution in [0.1, 0.15) is 56.8 Å². The minimum Gasteiger partial charge on any atom is -0.389 e. The smallest absolute Gasteiger partial charge is 0.259 e. The fraction of sp³-hybridized carbons (Fsp3) is 0.739. The van der Waals surface area contributed by atoms with Gasteiger partial charge in [0.25, 0.3) is 5.56 Å². The highest BCUT2D eigenvalue weighted by atomic mass is 32.1. The summed E-state index contributed by atoms with van der Waals surface area (Å²) in [4.78, 5) is 25.0. The van der Waals surface area contributed by atoms with Crippen molar-refractivity contribution < 1.29 is 14.6 Å². The molecule has 0 aromatic carbocycles. The Kier molecular flexibility index (Phi) is 8.26. The lowest BCUT2D eigenvalue weighted by atomic mass is 9.89.